The van der Waals surface area contributed by atoms with Crippen LogP contribution in [0.3, 0.4) is 0 Å². The van der Waals surface area contributed by atoms with Gasteiger partial charge in [0.05, 0.1) is 18.9 Å². The predicted molar refractivity (Wildman–Crippen MR) is 109 cm³/mol. The highest BCUT2D eigenvalue weighted by molar-refractivity contribution is 9.10. The molecule has 0 bridgehead atoms. The number of nitriles is 1. The topological polar surface area (TPSA) is 71.3 Å². The summed E-state index contributed by atoms with van der Waals surface area (Å²) in [6.07, 6.45) is 5.19. The zero-order chi connectivity index (χ0) is 19.6. The zero-order valence-electron chi connectivity index (χ0n) is 14.6. The third kappa shape index (κ3) is 6.25. The molecular formula is C20H17BrN2O3S. The second-order valence-corrected chi connectivity index (χ2v) is 7.24. The number of methoxy groups -OCH3 is 1. The van der Waals surface area contributed by atoms with Crippen LogP contribution in [0, 0.1) is 23.7 Å². The minimum Gasteiger partial charge on any atom is -0.493 e. The van der Waals surface area contributed by atoms with E-state index in [9.17, 15) is 10.1 Å². The molecule has 2 rings (SSSR count). The summed E-state index contributed by atoms with van der Waals surface area (Å²) in [5.41, 5.74) is 0.732. The van der Waals surface area contributed by atoms with Crippen molar-refractivity contribution in [1.29, 1.82) is 5.26 Å². The number of carbonyl (C=O) groups is 1. The van der Waals surface area contributed by atoms with Crippen molar-refractivity contribution in [3.8, 4) is 29.9 Å². The van der Waals surface area contributed by atoms with Gasteiger partial charge in [0.1, 0.15) is 12.6 Å². The van der Waals surface area contributed by atoms with Crippen molar-refractivity contribution in [1.82, 2.24) is 5.32 Å². The fourth-order valence-corrected chi connectivity index (χ4v) is 3.17. The standard InChI is InChI=1S/C20H17BrN2O3S/c1-3-10-26-18-9-8-16(11-19(18)25-2)27-13-20(24)23-17(12-22)14-4-6-15(21)7-5-14/h1,4-9,11,17H,10,13H2,2H3,(H,23,24). The molecule has 2 aromatic rings. The van der Waals surface area contributed by atoms with Crippen molar-refractivity contribution in [3.05, 3.63) is 52.5 Å². The SMILES string of the molecule is C#CCOc1ccc(SCC(=O)NC(C#N)c2ccc(Br)cc2)cc1OC. The van der Waals surface area contributed by atoms with Crippen molar-refractivity contribution < 1.29 is 14.3 Å². The molecule has 0 fully saturated rings. The Labute approximate surface area is 171 Å². The van der Waals surface area contributed by atoms with Crippen LogP contribution >= 0.6 is 27.7 Å². The van der Waals surface area contributed by atoms with E-state index in [4.69, 9.17) is 15.9 Å². The van der Waals surface area contributed by atoms with E-state index in [0.717, 1.165) is 14.9 Å². The van der Waals surface area contributed by atoms with Gasteiger partial charge in [0.2, 0.25) is 5.91 Å². The highest BCUT2D eigenvalue weighted by atomic mass is 79.9. The first-order valence-corrected chi connectivity index (χ1v) is 9.66. The highest BCUT2D eigenvalue weighted by Gasteiger charge is 2.14. The van der Waals surface area contributed by atoms with E-state index in [1.165, 1.54) is 18.9 Å². The lowest BCUT2D eigenvalue weighted by Gasteiger charge is -2.13. The molecule has 1 amide bonds. The number of benzene rings is 2. The Kier molecular flexibility index (Phi) is 8.06. The molecule has 0 saturated heterocycles. The number of halogens is 1. The second-order valence-electron chi connectivity index (χ2n) is 5.28. The molecule has 0 aliphatic carbocycles. The molecule has 0 heterocycles. The van der Waals surface area contributed by atoms with Crippen LogP contribution < -0.4 is 14.8 Å². The monoisotopic (exact) mass is 444 g/mol. The van der Waals surface area contributed by atoms with Gasteiger partial charge < -0.3 is 14.8 Å². The minimum absolute atomic E-state index is 0.150. The van der Waals surface area contributed by atoms with E-state index in [0.29, 0.717) is 11.5 Å². The van der Waals surface area contributed by atoms with Gasteiger partial charge in [0.15, 0.2) is 11.5 Å². The van der Waals surface area contributed by atoms with Crippen LogP contribution in [-0.4, -0.2) is 25.4 Å². The van der Waals surface area contributed by atoms with Crippen molar-refractivity contribution in [2.75, 3.05) is 19.5 Å². The Balaban J connectivity index is 1.95. The number of hydrogen-bond donors (Lipinski definition) is 1. The molecule has 0 aromatic heterocycles. The maximum atomic E-state index is 12.2. The molecule has 7 heteroatoms. The normalized spacial score (nSPS) is 11.0. The molecule has 1 unspecified atom stereocenters. The molecule has 138 valence electrons. The van der Waals surface area contributed by atoms with Gasteiger partial charge >= 0.3 is 0 Å². The summed E-state index contributed by atoms with van der Waals surface area (Å²) in [6.45, 7) is 0.150. The average Bonchev–Trinajstić information content (AvgIpc) is 2.69. The number of terminal acetylenes is 1. The van der Waals surface area contributed by atoms with E-state index >= 15 is 0 Å². The number of nitrogens with one attached hydrogen (secondary N) is 1. The van der Waals surface area contributed by atoms with Crippen molar-refractivity contribution in [2.24, 2.45) is 0 Å². The van der Waals surface area contributed by atoms with E-state index in [1.807, 2.05) is 18.2 Å². The smallest absolute Gasteiger partial charge is 0.231 e. The van der Waals surface area contributed by atoms with Crippen LogP contribution in [0.15, 0.2) is 51.8 Å². The number of thioether (sulfide) groups is 1. The van der Waals surface area contributed by atoms with Crippen LogP contribution in [0.25, 0.3) is 0 Å². The summed E-state index contributed by atoms with van der Waals surface area (Å²) in [6, 6.07) is 14.0. The first-order valence-electron chi connectivity index (χ1n) is 7.89. The van der Waals surface area contributed by atoms with E-state index in [1.54, 1.807) is 24.3 Å². The fourth-order valence-electron chi connectivity index (χ4n) is 2.17. The van der Waals surface area contributed by atoms with Gasteiger partial charge in [-0.1, -0.05) is 34.0 Å². The molecule has 1 N–H and O–H groups in total. The largest absolute Gasteiger partial charge is 0.493 e. The molecule has 5 nitrogen and oxygen atoms in total. The number of amides is 1. The third-order valence-electron chi connectivity index (χ3n) is 3.45. The Morgan fingerprint density at radius 3 is 2.67 bits per heavy atom. The van der Waals surface area contributed by atoms with E-state index in [2.05, 4.69) is 33.2 Å². The Morgan fingerprint density at radius 2 is 2.04 bits per heavy atom. The summed E-state index contributed by atoms with van der Waals surface area (Å²) in [4.78, 5) is 13.1. The Bertz CT molecular complexity index is 872. The number of ether oxygens (including phenoxy) is 2. The van der Waals surface area contributed by atoms with Gasteiger partial charge in [-0.05, 0) is 35.9 Å². The number of nitrogens with zero attached hydrogens (tertiary/aromatic N) is 1. The Hall–Kier alpha value is -2.61. The van der Waals surface area contributed by atoms with E-state index < -0.39 is 6.04 Å². The van der Waals surface area contributed by atoms with E-state index in [-0.39, 0.29) is 18.3 Å². The lowest BCUT2D eigenvalue weighted by molar-refractivity contribution is -0.118. The number of carbonyl (C=O) groups excluding carboxylic acids is 1. The Morgan fingerprint density at radius 1 is 1.30 bits per heavy atom. The quantitative estimate of drug-likeness (QED) is 0.492. The molecule has 0 aliphatic heterocycles. The van der Waals surface area contributed by atoms with Crippen molar-refractivity contribution in [2.45, 2.75) is 10.9 Å². The zero-order valence-corrected chi connectivity index (χ0v) is 17.0. The summed E-state index contributed by atoms with van der Waals surface area (Å²) >= 11 is 4.68. The van der Waals surface area contributed by atoms with Gasteiger partial charge in [-0.2, -0.15) is 5.26 Å². The molecule has 0 spiro atoms. The average molecular weight is 445 g/mol. The number of rotatable bonds is 8. The fraction of sp³-hybridized carbons (Fsp3) is 0.200. The van der Waals surface area contributed by atoms with Crippen molar-refractivity contribution >= 4 is 33.6 Å². The molecule has 1 atom stereocenters. The number of hydrogen-bond acceptors (Lipinski definition) is 5. The second kappa shape index (κ2) is 10.5. The summed E-state index contributed by atoms with van der Waals surface area (Å²) in [5, 5.41) is 12.1. The van der Waals surface area contributed by atoms with Crippen LogP contribution in [-0.2, 0) is 4.79 Å². The van der Waals surface area contributed by atoms with Crippen LogP contribution in [0.5, 0.6) is 11.5 Å². The maximum absolute atomic E-state index is 12.2. The molecule has 27 heavy (non-hydrogen) atoms. The lowest BCUT2D eigenvalue weighted by Crippen LogP contribution is -2.29. The van der Waals surface area contributed by atoms with Gasteiger partial charge in [0, 0.05) is 9.37 Å². The predicted octanol–water partition coefficient (Wildman–Crippen LogP) is 3.94. The van der Waals surface area contributed by atoms with Gasteiger partial charge in [0.25, 0.3) is 0 Å². The molecule has 0 radical (unpaired) electrons. The summed E-state index contributed by atoms with van der Waals surface area (Å²) in [5.74, 6) is 3.42. The minimum atomic E-state index is -0.694. The lowest BCUT2D eigenvalue weighted by atomic mass is 10.1. The summed E-state index contributed by atoms with van der Waals surface area (Å²) in [7, 11) is 1.54. The van der Waals surface area contributed by atoms with Gasteiger partial charge in [-0.25, -0.2) is 0 Å². The van der Waals surface area contributed by atoms with Crippen LogP contribution in [0.2, 0.25) is 0 Å². The van der Waals surface area contributed by atoms with Crippen LogP contribution in [0.4, 0.5) is 0 Å². The first kappa shape index (κ1) is 20.7. The molecule has 0 aliphatic rings. The highest BCUT2D eigenvalue weighted by Crippen LogP contribution is 2.32. The third-order valence-corrected chi connectivity index (χ3v) is 4.98. The maximum Gasteiger partial charge on any atom is 0.231 e. The molecule has 0 saturated carbocycles. The van der Waals surface area contributed by atoms with Gasteiger partial charge in [-0.3, -0.25) is 4.79 Å². The van der Waals surface area contributed by atoms with Crippen LogP contribution in [0.1, 0.15) is 11.6 Å². The molecule has 2 aromatic carbocycles. The molecular weight excluding hydrogens is 428 g/mol. The van der Waals surface area contributed by atoms with Gasteiger partial charge in [-0.15, -0.1) is 18.2 Å². The van der Waals surface area contributed by atoms with Crippen molar-refractivity contribution in [3.63, 3.8) is 0 Å². The summed E-state index contributed by atoms with van der Waals surface area (Å²) < 4.78 is 11.6. The first-order chi connectivity index (χ1) is 13.1.